The summed E-state index contributed by atoms with van der Waals surface area (Å²) in [5.41, 5.74) is 0.265. The number of rotatable bonds is 5. The van der Waals surface area contributed by atoms with Crippen LogP contribution < -0.4 is 0 Å². The summed E-state index contributed by atoms with van der Waals surface area (Å²) in [4.78, 5) is 4.00. The molecule has 1 atom stereocenters. The first-order chi connectivity index (χ1) is 9.10. The van der Waals surface area contributed by atoms with Crippen molar-refractivity contribution in [2.75, 3.05) is 0 Å². The van der Waals surface area contributed by atoms with E-state index in [0.717, 1.165) is 12.5 Å². The van der Waals surface area contributed by atoms with Gasteiger partial charge in [-0.2, -0.15) is 4.98 Å². The van der Waals surface area contributed by atoms with Crippen molar-refractivity contribution in [3.8, 4) is 0 Å². The van der Waals surface area contributed by atoms with Crippen LogP contribution in [0.4, 0.5) is 8.78 Å². The Hall–Kier alpha value is -1.82. The van der Waals surface area contributed by atoms with Gasteiger partial charge in [0, 0.05) is 6.07 Å². The summed E-state index contributed by atoms with van der Waals surface area (Å²) < 4.78 is 31.1. The summed E-state index contributed by atoms with van der Waals surface area (Å²) in [5, 5.41) is 13.3. The van der Waals surface area contributed by atoms with Gasteiger partial charge in [0.2, 0.25) is 5.89 Å². The van der Waals surface area contributed by atoms with E-state index in [2.05, 4.69) is 10.1 Å². The number of hydrogen-bond acceptors (Lipinski definition) is 4. The molecular formula is C13H14F2N2O2. The zero-order valence-electron chi connectivity index (χ0n) is 10.4. The molecule has 4 nitrogen and oxygen atoms in total. The smallest absolute Gasteiger partial charge is 0.231 e. The van der Waals surface area contributed by atoms with Crippen molar-refractivity contribution in [3.05, 3.63) is 47.1 Å². The molecule has 0 fully saturated rings. The third-order valence-corrected chi connectivity index (χ3v) is 2.70. The fourth-order valence-corrected chi connectivity index (χ4v) is 1.71. The predicted octanol–water partition coefficient (Wildman–Crippen LogP) is 2.77. The predicted molar refractivity (Wildman–Crippen MR) is 63.3 cm³/mol. The summed E-state index contributed by atoms with van der Waals surface area (Å²) in [6, 6.07) is 3.30. The molecule has 0 radical (unpaired) electrons. The third kappa shape index (κ3) is 3.35. The number of nitrogens with zero attached hydrogens (tertiary/aromatic N) is 2. The molecule has 1 heterocycles. The van der Waals surface area contributed by atoms with Gasteiger partial charge < -0.3 is 9.63 Å². The zero-order valence-corrected chi connectivity index (χ0v) is 10.4. The van der Waals surface area contributed by atoms with Crippen LogP contribution in [0.2, 0.25) is 0 Å². The lowest BCUT2D eigenvalue weighted by Gasteiger charge is -2.01. The van der Waals surface area contributed by atoms with Crippen LogP contribution in [0.15, 0.2) is 22.7 Å². The quantitative estimate of drug-likeness (QED) is 0.905. The minimum absolute atomic E-state index is 0.0674. The highest BCUT2D eigenvalue weighted by molar-refractivity contribution is 5.21. The van der Waals surface area contributed by atoms with E-state index in [4.69, 9.17) is 4.52 Å². The average Bonchev–Trinajstić information content (AvgIpc) is 2.82. The minimum atomic E-state index is -0.777. The van der Waals surface area contributed by atoms with E-state index in [-0.39, 0.29) is 23.7 Å². The Morgan fingerprint density at radius 2 is 2.16 bits per heavy atom. The Balaban J connectivity index is 2.11. The molecule has 2 aromatic rings. The maximum absolute atomic E-state index is 13.4. The number of aliphatic hydroxyl groups excluding tert-OH is 1. The van der Waals surface area contributed by atoms with Gasteiger partial charge in [-0.1, -0.05) is 24.6 Å². The van der Waals surface area contributed by atoms with Crippen molar-refractivity contribution >= 4 is 0 Å². The Bertz CT molecular complexity index is 557. The van der Waals surface area contributed by atoms with Crippen molar-refractivity contribution in [1.82, 2.24) is 10.1 Å². The van der Waals surface area contributed by atoms with Crippen LogP contribution in [0.1, 0.15) is 43.1 Å². The zero-order chi connectivity index (χ0) is 13.8. The average molecular weight is 268 g/mol. The normalized spacial score (nSPS) is 12.6. The van der Waals surface area contributed by atoms with E-state index in [1.807, 2.05) is 6.92 Å². The molecule has 0 aliphatic carbocycles. The largest absolute Gasteiger partial charge is 0.385 e. The second-order valence-corrected chi connectivity index (χ2v) is 4.26. The molecule has 0 saturated heterocycles. The van der Waals surface area contributed by atoms with Crippen LogP contribution in [0.3, 0.4) is 0 Å². The maximum atomic E-state index is 13.4. The second kappa shape index (κ2) is 5.88. The lowest BCUT2D eigenvalue weighted by Crippen LogP contribution is -2.00. The van der Waals surface area contributed by atoms with Crippen molar-refractivity contribution in [3.63, 3.8) is 0 Å². The van der Waals surface area contributed by atoms with Crippen molar-refractivity contribution in [2.24, 2.45) is 0 Å². The molecule has 102 valence electrons. The van der Waals surface area contributed by atoms with Gasteiger partial charge in [-0.25, -0.2) is 8.78 Å². The molecule has 1 unspecified atom stereocenters. The Labute approximate surface area is 109 Å². The third-order valence-electron chi connectivity index (χ3n) is 2.70. The molecule has 2 rings (SSSR count). The lowest BCUT2D eigenvalue weighted by atomic mass is 10.1. The summed E-state index contributed by atoms with van der Waals surface area (Å²) in [5.74, 6) is -0.908. The van der Waals surface area contributed by atoms with Crippen molar-refractivity contribution in [2.45, 2.75) is 32.3 Å². The molecule has 0 aliphatic rings. The van der Waals surface area contributed by atoms with Gasteiger partial charge in [-0.15, -0.1) is 0 Å². The van der Waals surface area contributed by atoms with Crippen LogP contribution in [0.5, 0.6) is 0 Å². The molecule has 0 spiro atoms. The molecule has 0 aliphatic heterocycles. The monoisotopic (exact) mass is 268 g/mol. The van der Waals surface area contributed by atoms with E-state index in [1.165, 1.54) is 12.1 Å². The molecule has 0 saturated carbocycles. The summed E-state index contributed by atoms with van der Waals surface area (Å²) in [6.45, 7) is 1.93. The van der Waals surface area contributed by atoms with E-state index < -0.39 is 17.7 Å². The molecule has 6 heteroatoms. The number of halogens is 2. The standard InChI is InChI=1S/C13H14F2N2O2/c1-2-3-11(18)13-16-12(19-17-13)6-8-4-5-9(14)7-10(8)15/h4-5,7,11,18H,2-3,6H2,1H3. The van der Waals surface area contributed by atoms with Gasteiger partial charge in [0.1, 0.15) is 17.7 Å². The Morgan fingerprint density at radius 3 is 2.84 bits per heavy atom. The van der Waals surface area contributed by atoms with Crippen molar-refractivity contribution in [1.29, 1.82) is 0 Å². The number of aromatic nitrogens is 2. The molecule has 1 aromatic heterocycles. The molecule has 19 heavy (non-hydrogen) atoms. The van der Waals surface area contributed by atoms with E-state index in [1.54, 1.807) is 0 Å². The number of benzene rings is 1. The van der Waals surface area contributed by atoms with E-state index in [9.17, 15) is 13.9 Å². The van der Waals surface area contributed by atoms with Crippen LogP contribution >= 0.6 is 0 Å². The van der Waals surface area contributed by atoms with Crippen LogP contribution in [-0.2, 0) is 6.42 Å². The van der Waals surface area contributed by atoms with Gasteiger partial charge >= 0.3 is 0 Å². The highest BCUT2D eigenvalue weighted by atomic mass is 19.1. The van der Waals surface area contributed by atoms with Gasteiger partial charge in [-0.3, -0.25) is 0 Å². The highest BCUT2D eigenvalue weighted by Gasteiger charge is 2.16. The molecular weight excluding hydrogens is 254 g/mol. The fraction of sp³-hybridized carbons (Fsp3) is 0.385. The minimum Gasteiger partial charge on any atom is -0.385 e. The Kier molecular flexibility index (Phi) is 4.21. The topological polar surface area (TPSA) is 59.2 Å². The van der Waals surface area contributed by atoms with Crippen LogP contribution in [0.25, 0.3) is 0 Å². The first kappa shape index (κ1) is 13.6. The Morgan fingerprint density at radius 1 is 1.37 bits per heavy atom. The SMILES string of the molecule is CCCC(O)c1noc(Cc2ccc(F)cc2F)n1. The van der Waals surface area contributed by atoms with Gasteiger partial charge in [0.25, 0.3) is 0 Å². The van der Waals surface area contributed by atoms with E-state index in [0.29, 0.717) is 6.42 Å². The molecule has 1 aromatic carbocycles. The maximum Gasteiger partial charge on any atom is 0.231 e. The number of aliphatic hydroxyl groups is 1. The van der Waals surface area contributed by atoms with Gasteiger partial charge in [-0.05, 0) is 18.1 Å². The van der Waals surface area contributed by atoms with Gasteiger partial charge in [0.05, 0.1) is 6.42 Å². The highest BCUT2D eigenvalue weighted by Crippen LogP contribution is 2.17. The summed E-state index contributed by atoms with van der Waals surface area (Å²) >= 11 is 0. The second-order valence-electron chi connectivity index (χ2n) is 4.26. The van der Waals surface area contributed by atoms with Crippen LogP contribution in [0, 0.1) is 11.6 Å². The first-order valence-corrected chi connectivity index (χ1v) is 6.04. The first-order valence-electron chi connectivity index (χ1n) is 6.04. The fourth-order valence-electron chi connectivity index (χ4n) is 1.71. The van der Waals surface area contributed by atoms with Crippen LogP contribution in [-0.4, -0.2) is 15.2 Å². The molecule has 1 N–H and O–H groups in total. The lowest BCUT2D eigenvalue weighted by molar-refractivity contribution is 0.152. The molecule has 0 bridgehead atoms. The van der Waals surface area contributed by atoms with Gasteiger partial charge in [0.15, 0.2) is 5.82 Å². The summed E-state index contributed by atoms with van der Waals surface area (Å²) in [6.07, 6.45) is 0.611. The number of hydrogen-bond donors (Lipinski definition) is 1. The van der Waals surface area contributed by atoms with Crippen molar-refractivity contribution < 1.29 is 18.4 Å². The molecule has 0 amide bonds. The van der Waals surface area contributed by atoms with E-state index >= 15 is 0 Å². The summed E-state index contributed by atoms with van der Waals surface area (Å²) in [7, 11) is 0.